The van der Waals surface area contributed by atoms with Gasteiger partial charge in [-0.05, 0) is 42.3 Å². The second kappa shape index (κ2) is 5.95. The quantitative estimate of drug-likeness (QED) is 0.905. The van der Waals surface area contributed by atoms with Crippen LogP contribution in [0.4, 0.5) is 10.1 Å². The van der Waals surface area contributed by atoms with Crippen LogP contribution < -0.4 is 10.6 Å². The van der Waals surface area contributed by atoms with Crippen LogP contribution in [0.3, 0.4) is 0 Å². The zero-order chi connectivity index (χ0) is 14.7. The lowest BCUT2D eigenvalue weighted by molar-refractivity contribution is 0.0952. The van der Waals surface area contributed by atoms with E-state index in [1.807, 2.05) is 12.1 Å². The highest BCUT2D eigenvalue weighted by atomic mass is 19.1. The molecule has 0 saturated carbocycles. The van der Waals surface area contributed by atoms with Gasteiger partial charge in [0.25, 0.3) is 5.91 Å². The Labute approximate surface area is 123 Å². The maximum Gasteiger partial charge on any atom is 0.251 e. The monoisotopic (exact) mass is 284 g/mol. The first-order valence-corrected chi connectivity index (χ1v) is 7.10. The molecule has 2 aromatic carbocycles. The molecule has 0 bridgehead atoms. The first-order valence-electron chi connectivity index (χ1n) is 7.10. The topological polar surface area (TPSA) is 41.1 Å². The van der Waals surface area contributed by atoms with Crippen molar-refractivity contribution in [3.8, 4) is 0 Å². The molecule has 2 aromatic rings. The summed E-state index contributed by atoms with van der Waals surface area (Å²) in [7, 11) is 0. The van der Waals surface area contributed by atoms with E-state index in [-0.39, 0.29) is 11.7 Å². The van der Waals surface area contributed by atoms with Crippen molar-refractivity contribution in [1.29, 1.82) is 0 Å². The van der Waals surface area contributed by atoms with Gasteiger partial charge in [0, 0.05) is 30.3 Å². The van der Waals surface area contributed by atoms with Gasteiger partial charge in [0.1, 0.15) is 5.82 Å². The maximum atomic E-state index is 12.8. The van der Waals surface area contributed by atoms with Gasteiger partial charge < -0.3 is 10.6 Å². The SMILES string of the molecule is O=C(NCCC1CNc2ccccc21)c1ccc(F)cc1. The normalized spacial score (nSPS) is 16.1. The van der Waals surface area contributed by atoms with Gasteiger partial charge in [0.05, 0.1) is 0 Å². The third-order valence-electron chi connectivity index (χ3n) is 3.82. The molecule has 0 aromatic heterocycles. The fourth-order valence-electron chi connectivity index (χ4n) is 2.68. The molecule has 2 N–H and O–H groups in total. The fourth-order valence-corrected chi connectivity index (χ4v) is 2.68. The number of hydrogen-bond acceptors (Lipinski definition) is 2. The largest absolute Gasteiger partial charge is 0.384 e. The Morgan fingerprint density at radius 1 is 1.19 bits per heavy atom. The molecule has 0 fully saturated rings. The lowest BCUT2D eigenvalue weighted by Crippen LogP contribution is -2.25. The van der Waals surface area contributed by atoms with Gasteiger partial charge in [-0.3, -0.25) is 4.79 Å². The Balaban J connectivity index is 1.53. The van der Waals surface area contributed by atoms with Gasteiger partial charge in [-0.15, -0.1) is 0 Å². The molecule has 3 nitrogen and oxygen atoms in total. The first kappa shape index (κ1) is 13.6. The molecule has 0 radical (unpaired) electrons. The lowest BCUT2D eigenvalue weighted by atomic mass is 9.98. The van der Waals surface area contributed by atoms with E-state index in [0.717, 1.165) is 13.0 Å². The van der Waals surface area contributed by atoms with Gasteiger partial charge >= 0.3 is 0 Å². The van der Waals surface area contributed by atoms with Crippen LogP contribution in [0, 0.1) is 5.82 Å². The molecule has 1 unspecified atom stereocenters. The van der Waals surface area contributed by atoms with Crippen molar-refractivity contribution in [3.63, 3.8) is 0 Å². The number of carbonyl (C=O) groups excluding carboxylic acids is 1. The van der Waals surface area contributed by atoms with E-state index in [4.69, 9.17) is 0 Å². The standard InChI is InChI=1S/C17H17FN2O/c18-14-7-5-12(6-8-14)17(21)19-10-9-13-11-20-16-4-2-1-3-15(13)16/h1-8,13,20H,9-11H2,(H,19,21). The summed E-state index contributed by atoms with van der Waals surface area (Å²) in [6.07, 6.45) is 0.886. The summed E-state index contributed by atoms with van der Waals surface area (Å²) < 4.78 is 12.8. The van der Waals surface area contributed by atoms with E-state index in [0.29, 0.717) is 18.0 Å². The molecule has 3 rings (SSSR count). The number of benzene rings is 2. The summed E-state index contributed by atoms with van der Waals surface area (Å²) >= 11 is 0. The first-order chi connectivity index (χ1) is 10.2. The number of halogens is 1. The van der Waals surface area contributed by atoms with E-state index >= 15 is 0 Å². The third kappa shape index (κ3) is 3.05. The Kier molecular flexibility index (Phi) is 3.86. The number of rotatable bonds is 4. The second-order valence-corrected chi connectivity index (χ2v) is 5.22. The van der Waals surface area contributed by atoms with Gasteiger partial charge in [-0.25, -0.2) is 4.39 Å². The summed E-state index contributed by atoms with van der Waals surface area (Å²) in [6.45, 7) is 1.52. The van der Waals surface area contributed by atoms with Crippen LogP contribution in [-0.2, 0) is 0 Å². The molecule has 0 aliphatic carbocycles. The molecule has 21 heavy (non-hydrogen) atoms. The molecular formula is C17H17FN2O. The van der Waals surface area contributed by atoms with Crippen molar-refractivity contribution in [2.45, 2.75) is 12.3 Å². The predicted octanol–water partition coefficient (Wildman–Crippen LogP) is 3.15. The van der Waals surface area contributed by atoms with Gasteiger partial charge in [0.2, 0.25) is 0 Å². The van der Waals surface area contributed by atoms with Crippen LogP contribution in [0.1, 0.15) is 28.3 Å². The summed E-state index contributed by atoms with van der Waals surface area (Å²) in [5.74, 6) is -0.0656. The Bertz CT molecular complexity index is 639. The Morgan fingerprint density at radius 2 is 1.95 bits per heavy atom. The smallest absolute Gasteiger partial charge is 0.251 e. The molecule has 1 aliphatic rings. The zero-order valence-electron chi connectivity index (χ0n) is 11.6. The van der Waals surface area contributed by atoms with E-state index in [1.165, 1.54) is 35.5 Å². The van der Waals surface area contributed by atoms with E-state index in [9.17, 15) is 9.18 Å². The molecule has 0 spiro atoms. The number of anilines is 1. The van der Waals surface area contributed by atoms with Crippen LogP contribution in [0.5, 0.6) is 0 Å². The number of para-hydroxylation sites is 1. The highest BCUT2D eigenvalue weighted by molar-refractivity contribution is 5.94. The Morgan fingerprint density at radius 3 is 2.76 bits per heavy atom. The van der Waals surface area contributed by atoms with Crippen molar-refractivity contribution in [2.75, 3.05) is 18.4 Å². The lowest BCUT2D eigenvalue weighted by Gasteiger charge is -2.11. The van der Waals surface area contributed by atoms with Crippen LogP contribution in [-0.4, -0.2) is 19.0 Å². The Hall–Kier alpha value is -2.36. The molecule has 1 amide bonds. The maximum absolute atomic E-state index is 12.8. The van der Waals surface area contributed by atoms with Gasteiger partial charge in [-0.2, -0.15) is 0 Å². The van der Waals surface area contributed by atoms with Crippen molar-refractivity contribution in [3.05, 3.63) is 65.5 Å². The second-order valence-electron chi connectivity index (χ2n) is 5.22. The molecule has 108 valence electrons. The highest BCUT2D eigenvalue weighted by Gasteiger charge is 2.21. The van der Waals surface area contributed by atoms with E-state index in [1.54, 1.807) is 0 Å². The average Bonchev–Trinajstić information content (AvgIpc) is 2.91. The number of amides is 1. The minimum atomic E-state index is -0.333. The number of hydrogen-bond donors (Lipinski definition) is 2. The van der Waals surface area contributed by atoms with Gasteiger partial charge in [0.15, 0.2) is 0 Å². The van der Waals surface area contributed by atoms with Crippen LogP contribution in [0.2, 0.25) is 0 Å². The summed E-state index contributed by atoms with van der Waals surface area (Å²) in [4.78, 5) is 11.9. The van der Waals surface area contributed by atoms with Crippen LogP contribution >= 0.6 is 0 Å². The molecule has 1 aliphatic heterocycles. The van der Waals surface area contributed by atoms with Crippen LogP contribution in [0.25, 0.3) is 0 Å². The van der Waals surface area contributed by atoms with Crippen molar-refractivity contribution in [2.24, 2.45) is 0 Å². The summed E-state index contributed by atoms with van der Waals surface area (Å²) in [5, 5.41) is 6.26. The van der Waals surface area contributed by atoms with Crippen molar-refractivity contribution < 1.29 is 9.18 Å². The zero-order valence-corrected chi connectivity index (χ0v) is 11.6. The van der Waals surface area contributed by atoms with Gasteiger partial charge in [-0.1, -0.05) is 18.2 Å². The third-order valence-corrected chi connectivity index (χ3v) is 3.82. The van der Waals surface area contributed by atoms with E-state index < -0.39 is 0 Å². The van der Waals surface area contributed by atoms with Crippen molar-refractivity contribution >= 4 is 11.6 Å². The molecule has 0 saturated heterocycles. The fraction of sp³-hybridized carbons (Fsp3) is 0.235. The molecule has 4 heteroatoms. The number of nitrogens with one attached hydrogen (secondary N) is 2. The molecule has 1 atom stereocenters. The minimum absolute atomic E-state index is 0.158. The van der Waals surface area contributed by atoms with Crippen molar-refractivity contribution in [1.82, 2.24) is 5.32 Å². The van der Waals surface area contributed by atoms with Crippen LogP contribution in [0.15, 0.2) is 48.5 Å². The highest BCUT2D eigenvalue weighted by Crippen LogP contribution is 2.32. The minimum Gasteiger partial charge on any atom is -0.384 e. The molecule has 1 heterocycles. The summed E-state index contributed by atoms with van der Waals surface area (Å²) in [5.41, 5.74) is 2.99. The van der Waals surface area contributed by atoms with E-state index in [2.05, 4.69) is 22.8 Å². The number of fused-ring (bicyclic) bond motifs is 1. The summed E-state index contributed by atoms with van der Waals surface area (Å²) in [6, 6.07) is 13.8. The molecular weight excluding hydrogens is 267 g/mol. The average molecular weight is 284 g/mol. The predicted molar refractivity (Wildman–Crippen MR) is 81.0 cm³/mol. The number of carbonyl (C=O) groups is 1.